The highest BCUT2D eigenvalue weighted by atomic mass is 79.9. The normalized spacial score (nSPS) is 12.2. The van der Waals surface area contributed by atoms with Gasteiger partial charge in [-0.1, -0.05) is 35.8 Å². The number of carbonyl (C=O) groups is 1. The molecule has 0 aliphatic carbocycles. The van der Waals surface area contributed by atoms with Crippen LogP contribution in [-0.4, -0.2) is 12.5 Å². The van der Waals surface area contributed by atoms with E-state index in [2.05, 4.69) is 21.2 Å². The molecule has 1 heterocycles. The Morgan fingerprint density at radius 1 is 1.41 bits per heavy atom. The summed E-state index contributed by atoms with van der Waals surface area (Å²) in [6.45, 7) is 3.87. The minimum Gasteiger partial charge on any atom is -0.481 e. The molecule has 0 spiro atoms. The number of thiophene rings is 1. The van der Waals surface area contributed by atoms with E-state index >= 15 is 0 Å². The van der Waals surface area contributed by atoms with Crippen molar-refractivity contribution in [2.24, 2.45) is 5.92 Å². The van der Waals surface area contributed by atoms with Crippen molar-refractivity contribution in [2.75, 3.05) is 6.61 Å². The number of amides is 1. The monoisotopic (exact) mass is 385 g/mol. The fourth-order valence-electron chi connectivity index (χ4n) is 1.99. The molecule has 0 fully saturated rings. The van der Waals surface area contributed by atoms with E-state index in [1.165, 1.54) is 12.1 Å². The summed E-state index contributed by atoms with van der Waals surface area (Å²) in [4.78, 5) is 13.1. The molecule has 22 heavy (non-hydrogen) atoms. The third-order valence-corrected chi connectivity index (χ3v) is 4.53. The zero-order chi connectivity index (χ0) is 16.1. The molecule has 1 N–H and O–H groups in total. The zero-order valence-corrected chi connectivity index (χ0v) is 14.7. The van der Waals surface area contributed by atoms with Crippen LogP contribution in [0.1, 0.15) is 24.8 Å². The molecule has 0 saturated heterocycles. The summed E-state index contributed by atoms with van der Waals surface area (Å²) in [5.74, 6) is -0.446. The lowest BCUT2D eigenvalue weighted by atomic mass is 10.0. The van der Waals surface area contributed by atoms with Crippen LogP contribution in [0.15, 0.2) is 40.2 Å². The summed E-state index contributed by atoms with van der Waals surface area (Å²) in [5, 5.41) is 4.91. The third-order valence-electron chi connectivity index (χ3n) is 3.09. The van der Waals surface area contributed by atoms with Gasteiger partial charge in [-0.05, 0) is 35.6 Å². The van der Waals surface area contributed by atoms with Gasteiger partial charge in [0.2, 0.25) is 0 Å². The maximum absolute atomic E-state index is 13.6. The van der Waals surface area contributed by atoms with Crippen LogP contribution < -0.4 is 10.1 Å². The lowest BCUT2D eigenvalue weighted by Gasteiger charge is -2.21. The number of ether oxygens (including phenoxy) is 1. The first-order valence-corrected chi connectivity index (χ1v) is 8.55. The standard InChI is InChI=1S/C16H17BrFNO2S/c1-10(2)16(14-4-3-7-22-14)19-15(20)9-21-13-6-5-11(17)8-12(13)18/h3-8,10,16H,9H2,1-2H3,(H,19,20). The van der Waals surface area contributed by atoms with E-state index in [1.807, 2.05) is 31.4 Å². The number of carbonyl (C=O) groups excluding carboxylic acids is 1. The number of hydrogen-bond donors (Lipinski definition) is 1. The Morgan fingerprint density at radius 2 is 2.18 bits per heavy atom. The molecule has 0 aliphatic heterocycles. The largest absolute Gasteiger partial charge is 0.481 e. The third kappa shape index (κ3) is 4.55. The lowest BCUT2D eigenvalue weighted by Crippen LogP contribution is -2.34. The average Bonchev–Trinajstić information content (AvgIpc) is 2.97. The maximum Gasteiger partial charge on any atom is 0.258 e. The minimum atomic E-state index is -0.499. The quantitative estimate of drug-likeness (QED) is 0.792. The van der Waals surface area contributed by atoms with E-state index in [-0.39, 0.29) is 30.2 Å². The van der Waals surface area contributed by atoms with E-state index in [9.17, 15) is 9.18 Å². The molecule has 1 unspecified atom stereocenters. The topological polar surface area (TPSA) is 38.3 Å². The van der Waals surface area contributed by atoms with Gasteiger partial charge in [-0.3, -0.25) is 4.79 Å². The number of halogens is 2. The molecular formula is C16H17BrFNO2S. The van der Waals surface area contributed by atoms with Crippen molar-refractivity contribution in [2.45, 2.75) is 19.9 Å². The molecule has 2 aromatic rings. The highest BCUT2D eigenvalue weighted by Crippen LogP contribution is 2.26. The Kier molecular flexibility index (Phi) is 5.97. The molecule has 6 heteroatoms. The van der Waals surface area contributed by atoms with Crippen LogP contribution in [0.3, 0.4) is 0 Å². The number of nitrogens with one attached hydrogen (secondary N) is 1. The molecule has 1 amide bonds. The maximum atomic E-state index is 13.6. The molecular weight excluding hydrogens is 369 g/mol. The second-order valence-electron chi connectivity index (χ2n) is 5.17. The smallest absolute Gasteiger partial charge is 0.258 e. The Balaban J connectivity index is 1.94. The lowest BCUT2D eigenvalue weighted by molar-refractivity contribution is -0.124. The Bertz CT molecular complexity index is 631. The first-order chi connectivity index (χ1) is 10.5. The van der Waals surface area contributed by atoms with Crippen LogP contribution in [-0.2, 0) is 4.79 Å². The van der Waals surface area contributed by atoms with Crippen LogP contribution in [0.5, 0.6) is 5.75 Å². The summed E-state index contributed by atoms with van der Waals surface area (Å²) < 4.78 is 19.5. The number of rotatable bonds is 6. The summed E-state index contributed by atoms with van der Waals surface area (Å²) in [7, 11) is 0. The second kappa shape index (κ2) is 7.74. The van der Waals surface area contributed by atoms with Gasteiger partial charge in [0.15, 0.2) is 18.2 Å². The zero-order valence-electron chi connectivity index (χ0n) is 12.3. The van der Waals surface area contributed by atoms with Gasteiger partial charge in [0.05, 0.1) is 6.04 Å². The fraction of sp³-hybridized carbons (Fsp3) is 0.312. The SMILES string of the molecule is CC(C)C(NC(=O)COc1ccc(Br)cc1F)c1cccs1. The molecule has 118 valence electrons. The molecule has 1 atom stereocenters. The fourth-order valence-corrected chi connectivity index (χ4v) is 3.27. The second-order valence-corrected chi connectivity index (χ2v) is 7.06. The highest BCUT2D eigenvalue weighted by Gasteiger charge is 2.19. The van der Waals surface area contributed by atoms with Gasteiger partial charge >= 0.3 is 0 Å². The van der Waals surface area contributed by atoms with Gasteiger partial charge < -0.3 is 10.1 Å². The van der Waals surface area contributed by atoms with Crippen molar-refractivity contribution >= 4 is 33.2 Å². The number of benzene rings is 1. The Morgan fingerprint density at radius 3 is 2.77 bits per heavy atom. The van der Waals surface area contributed by atoms with Gasteiger partial charge in [0, 0.05) is 9.35 Å². The van der Waals surface area contributed by atoms with Crippen LogP contribution in [0, 0.1) is 11.7 Å². The molecule has 1 aromatic carbocycles. The molecule has 0 aliphatic rings. The first kappa shape index (κ1) is 17.0. The Labute approximate surface area is 141 Å². The summed E-state index contributed by atoms with van der Waals surface area (Å²) in [6, 6.07) is 8.34. The summed E-state index contributed by atoms with van der Waals surface area (Å²) in [6.07, 6.45) is 0. The van der Waals surface area contributed by atoms with Gasteiger partial charge in [0.25, 0.3) is 5.91 Å². The molecule has 1 aromatic heterocycles. The van der Waals surface area contributed by atoms with Gasteiger partial charge in [0.1, 0.15) is 0 Å². The predicted octanol–water partition coefficient (Wildman–Crippen LogP) is 4.54. The van der Waals surface area contributed by atoms with Gasteiger partial charge in [-0.15, -0.1) is 11.3 Å². The van der Waals surface area contributed by atoms with Crippen molar-refractivity contribution < 1.29 is 13.9 Å². The average molecular weight is 386 g/mol. The van der Waals surface area contributed by atoms with Crippen LogP contribution >= 0.6 is 27.3 Å². The van der Waals surface area contributed by atoms with E-state index in [1.54, 1.807) is 17.4 Å². The molecule has 2 rings (SSSR count). The number of hydrogen-bond acceptors (Lipinski definition) is 3. The minimum absolute atomic E-state index is 0.0640. The van der Waals surface area contributed by atoms with Crippen LogP contribution in [0.25, 0.3) is 0 Å². The van der Waals surface area contributed by atoms with Crippen molar-refractivity contribution in [1.29, 1.82) is 0 Å². The highest BCUT2D eigenvalue weighted by molar-refractivity contribution is 9.10. The summed E-state index contributed by atoms with van der Waals surface area (Å²) >= 11 is 4.77. The van der Waals surface area contributed by atoms with E-state index in [0.29, 0.717) is 4.47 Å². The Hall–Kier alpha value is -1.40. The van der Waals surface area contributed by atoms with Crippen LogP contribution in [0.4, 0.5) is 4.39 Å². The van der Waals surface area contributed by atoms with Crippen molar-refractivity contribution in [3.05, 3.63) is 50.9 Å². The van der Waals surface area contributed by atoms with Crippen molar-refractivity contribution in [1.82, 2.24) is 5.32 Å². The summed E-state index contributed by atoms with van der Waals surface area (Å²) in [5.41, 5.74) is 0. The van der Waals surface area contributed by atoms with Crippen molar-refractivity contribution in [3.63, 3.8) is 0 Å². The first-order valence-electron chi connectivity index (χ1n) is 6.88. The van der Waals surface area contributed by atoms with E-state index < -0.39 is 5.82 Å². The molecule has 0 radical (unpaired) electrons. The van der Waals surface area contributed by atoms with Crippen LogP contribution in [0.2, 0.25) is 0 Å². The van der Waals surface area contributed by atoms with E-state index in [4.69, 9.17) is 4.74 Å². The van der Waals surface area contributed by atoms with Crippen molar-refractivity contribution in [3.8, 4) is 5.75 Å². The molecule has 0 saturated carbocycles. The predicted molar refractivity (Wildman–Crippen MR) is 89.6 cm³/mol. The van der Waals surface area contributed by atoms with E-state index in [0.717, 1.165) is 4.88 Å². The van der Waals surface area contributed by atoms with Gasteiger partial charge in [-0.25, -0.2) is 4.39 Å². The molecule has 3 nitrogen and oxygen atoms in total. The van der Waals surface area contributed by atoms with Gasteiger partial charge in [-0.2, -0.15) is 0 Å². The molecule has 0 bridgehead atoms.